The SMILES string of the molecule is Cc1ccc(NC(=O)[C@H](CCCCN)NC(=O)Nc2ccc(CN(C)c3ccc(C)cc3)cc2)cc1. The molecule has 3 aromatic carbocycles. The third kappa shape index (κ3) is 8.43. The minimum Gasteiger partial charge on any atom is -0.370 e. The molecule has 0 aliphatic heterocycles. The number of nitrogens with zero attached hydrogens (tertiary/aromatic N) is 1. The van der Waals surface area contributed by atoms with Crippen LogP contribution < -0.4 is 26.6 Å². The van der Waals surface area contributed by atoms with Crippen LogP contribution >= 0.6 is 0 Å². The van der Waals surface area contributed by atoms with Gasteiger partial charge in [-0.25, -0.2) is 4.79 Å². The summed E-state index contributed by atoms with van der Waals surface area (Å²) in [6, 6.07) is 22.6. The summed E-state index contributed by atoms with van der Waals surface area (Å²) in [6.07, 6.45) is 2.04. The van der Waals surface area contributed by atoms with Crippen LogP contribution in [-0.2, 0) is 11.3 Å². The molecule has 0 radical (unpaired) electrons. The summed E-state index contributed by atoms with van der Waals surface area (Å²) in [7, 11) is 2.05. The van der Waals surface area contributed by atoms with Crippen LogP contribution in [0.3, 0.4) is 0 Å². The molecule has 0 saturated carbocycles. The fourth-order valence-corrected chi connectivity index (χ4v) is 3.81. The molecule has 1 atom stereocenters. The van der Waals surface area contributed by atoms with Crippen molar-refractivity contribution in [2.45, 2.75) is 45.7 Å². The highest BCUT2D eigenvalue weighted by molar-refractivity contribution is 5.99. The van der Waals surface area contributed by atoms with E-state index in [1.807, 2.05) is 55.5 Å². The molecule has 0 unspecified atom stereocenters. The van der Waals surface area contributed by atoms with E-state index in [1.54, 1.807) is 0 Å². The van der Waals surface area contributed by atoms with E-state index in [0.29, 0.717) is 24.3 Å². The molecule has 0 aliphatic rings. The summed E-state index contributed by atoms with van der Waals surface area (Å²) in [6.45, 7) is 5.36. The van der Waals surface area contributed by atoms with E-state index in [9.17, 15) is 9.59 Å². The summed E-state index contributed by atoms with van der Waals surface area (Å²) in [5, 5.41) is 8.55. The lowest BCUT2D eigenvalue weighted by molar-refractivity contribution is -0.118. The topological polar surface area (TPSA) is 99.5 Å². The van der Waals surface area contributed by atoms with Gasteiger partial charge in [0.15, 0.2) is 0 Å². The molecule has 5 N–H and O–H groups in total. The number of carbonyl (C=O) groups is 2. The van der Waals surface area contributed by atoms with Crippen LogP contribution in [0.15, 0.2) is 72.8 Å². The number of hydrogen-bond acceptors (Lipinski definition) is 4. The summed E-state index contributed by atoms with van der Waals surface area (Å²) in [4.78, 5) is 27.7. The largest absolute Gasteiger partial charge is 0.370 e. The minimum absolute atomic E-state index is 0.250. The second-order valence-electron chi connectivity index (χ2n) is 9.18. The third-order valence-electron chi connectivity index (χ3n) is 5.99. The smallest absolute Gasteiger partial charge is 0.319 e. The molecule has 3 aromatic rings. The van der Waals surface area contributed by atoms with Crippen LogP contribution in [0.5, 0.6) is 0 Å². The number of carbonyl (C=O) groups excluding carboxylic acids is 2. The maximum absolute atomic E-state index is 12.9. The van der Waals surface area contributed by atoms with Crippen molar-refractivity contribution in [3.63, 3.8) is 0 Å². The zero-order chi connectivity index (χ0) is 25.9. The predicted octanol–water partition coefficient (Wildman–Crippen LogP) is 5.20. The second kappa shape index (κ2) is 13.3. The van der Waals surface area contributed by atoms with E-state index in [1.165, 1.54) is 5.56 Å². The lowest BCUT2D eigenvalue weighted by atomic mass is 10.1. The Balaban J connectivity index is 1.56. The Morgan fingerprint density at radius 2 is 1.36 bits per heavy atom. The van der Waals surface area contributed by atoms with E-state index >= 15 is 0 Å². The second-order valence-corrected chi connectivity index (χ2v) is 9.18. The molecule has 0 aromatic heterocycles. The fourth-order valence-electron chi connectivity index (χ4n) is 3.81. The molecule has 0 bridgehead atoms. The van der Waals surface area contributed by atoms with Crippen LogP contribution in [-0.4, -0.2) is 31.6 Å². The number of unbranched alkanes of at least 4 members (excludes halogenated alkanes) is 1. The molecule has 7 heteroatoms. The Bertz CT molecular complexity index is 1110. The molecule has 0 fully saturated rings. The Hall–Kier alpha value is -3.84. The van der Waals surface area contributed by atoms with E-state index in [-0.39, 0.29) is 5.91 Å². The number of amides is 3. The molecule has 3 amide bonds. The van der Waals surface area contributed by atoms with Crippen LogP contribution in [0.25, 0.3) is 0 Å². The number of anilines is 3. The number of hydrogen-bond donors (Lipinski definition) is 4. The predicted molar refractivity (Wildman–Crippen MR) is 148 cm³/mol. The Morgan fingerprint density at radius 1 is 0.806 bits per heavy atom. The van der Waals surface area contributed by atoms with E-state index in [0.717, 1.165) is 36.2 Å². The molecule has 0 spiro atoms. The summed E-state index contributed by atoms with van der Waals surface area (Å²) in [5.41, 5.74) is 11.6. The average Bonchev–Trinajstić information content (AvgIpc) is 2.86. The van der Waals surface area contributed by atoms with Gasteiger partial charge in [-0.15, -0.1) is 0 Å². The quantitative estimate of drug-likeness (QED) is 0.279. The van der Waals surface area contributed by atoms with Crippen LogP contribution in [0.4, 0.5) is 21.9 Å². The number of nitrogens with one attached hydrogen (secondary N) is 3. The fraction of sp³-hybridized carbons (Fsp3) is 0.310. The van der Waals surface area contributed by atoms with Gasteiger partial charge >= 0.3 is 6.03 Å². The highest BCUT2D eigenvalue weighted by Gasteiger charge is 2.20. The van der Waals surface area contributed by atoms with Crippen LogP contribution in [0.2, 0.25) is 0 Å². The van der Waals surface area contributed by atoms with Crippen molar-refractivity contribution in [1.82, 2.24) is 5.32 Å². The minimum atomic E-state index is -0.666. The van der Waals surface area contributed by atoms with Crippen molar-refractivity contribution >= 4 is 29.0 Å². The van der Waals surface area contributed by atoms with E-state index in [2.05, 4.69) is 59.1 Å². The number of benzene rings is 3. The van der Waals surface area contributed by atoms with Crippen molar-refractivity contribution < 1.29 is 9.59 Å². The molecular formula is C29H37N5O2. The molecule has 3 rings (SSSR count). The highest BCUT2D eigenvalue weighted by Crippen LogP contribution is 2.18. The zero-order valence-electron chi connectivity index (χ0n) is 21.4. The Kier molecular flexibility index (Phi) is 9.89. The molecule has 7 nitrogen and oxygen atoms in total. The average molecular weight is 488 g/mol. The molecular weight excluding hydrogens is 450 g/mol. The number of urea groups is 1. The van der Waals surface area contributed by atoms with Gasteiger partial charge in [0, 0.05) is 30.7 Å². The van der Waals surface area contributed by atoms with Gasteiger partial charge in [-0.05, 0) is 81.6 Å². The Labute approximate surface area is 214 Å². The molecule has 36 heavy (non-hydrogen) atoms. The van der Waals surface area contributed by atoms with Crippen molar-refractivity contribution in [1.29, 1.82) is 0 Å². The number of aryl methyl sites for hydroxylation is 2. The lowest BCUT2D eigenvalue weighted by Crippen LogP contribution is -2.45. The van der Waals surface area contributed by atoms with Crippen molar-refractivity contribution in [3.05, 3.63) is 89.5 Å². The standard InChI is InChI=1S/C29H37N5O2/c1-21-7-13-24(14-8-21)31-28(35)27(6-4-5-19-30)33-29(36)32-25-15-11-23(12-16-25)20-34(3)26-17-9-22(2)10-18-26/h7-18,27H,4-6,19-20,30H2,1-3H3,(H,31,35)(H2,32,33,36)/t27-/m0/s1. The van der Waals surface area contributed by atoms with Gasteiger partial charge in [-0.1, -0.05) is 47.5 Å². The van der Waals surface area contributed by atoms with Gasteiger partial charge in [0.1, 0.15) is 6.04 Å². The van der Waals surface area contributed by atoms with Crippen molar-refractivity contribution in [2.75, 3.05) is 29.1 Å². The first-order valence-corrected chi connectivity index (χ1v) is 12.4. The van der Waals surface area contributed by atoms with Gasteiger partial charge in [0.2, 0.25) is 5.91 Å². The van der Waals surface area contributed by atoms with E-state index < -0.39 is 12.1 Å². The summed E-state index contributed by atoms with van der Waals surface area (Å²) >= 11 is 0. The van der Waals surface area contributed by atoms with Gasteiger partial charge < -0.3 is 26.6 Å². The Morgan fingerprint density at radius 3 is 1.97 bits per heavy atom. The normalized spacial score (nSPS) is 11.4. The van der Waals surface area contributed by atoms with Gasteiger partial charge in [0.25, 0.3) is 0 Å². The summed E-state index contributed by atoms with van der Waals surface area (Å²) in [5.74, 6) is -0.250. The van der Waals surface area contributed by atoms with Crippen LogP contribution in [0, 0.1) is 13.8 Å². The monoisotopic (exact) mass is 487 g/mol. The number of nitrogens with two attached hydrogens (primary N) is 1. The van der Waals surface area contributed by atoms with Crippen molar-refractivity contribution in [3.8, 4) is 0 Å². The van der Waals surface area contributed by atoms with Gasteiger partial charge in [0.05, 0.1) is 0 Å². The third-order valence-corrected chi connectivity index (χ3v) is 5.99. The summed E-state index contributed by atoms with van der Waals surface area (Å²) < 4.78 is 0. The molecule has 0 saturated heterocycles. The zero-order valence-corrected chi connectivity index (χ0v) is 21.4. The maximum atomic E-state index is 12.9. The molecule has 190 valence electrons. The first kappa shape index (κ1) is 26.8. The first-order valence-electron chi connectivity index (χ1n) is 12.4. The highest BCUT2D eigenvalue weighted by atomic mass is 16.2. The van der Waals surface area contributed by atoms with Gasteiger partial charge in [-0.3, -0.25) is 4.79 Å². The first-order chi connectivity index (χ1) is 17.3. The lowest BCUT2D eigenvalue weighted by Gasteiger charge is -2.20. The maximum Gasteiger partial charge on any atom is 0.319 e. The molecule has 0 heterocycles. The van der Waals surface area contributed by atoms with Crippen LogP contribution in [0.1, 0.15) is 36.0 Å². The molecule has 0 aliphatic carbocycles. The van der Waals surface area contributed by atoms with E-state index in [4.69, 9.17) is 5.73 Å². The number of rotatable bonds is 11. The van der Waals surface area contributed by atoms with Gasteiger partial charge in [-0.2, -0.15) is 0 Å². The van der Waals surface area contributed by atoms with Crippen molar-refractivity contribution in [2.24, 2.45) is 5.73 Å².